The smallest absolute Gasteiger partial charge is 0.263 e. The second-order valence-corrected chi connectivity index (χ2v) is 5.37. The summed E-state index contributed by atoms with van der Waals surface area (Å²) in [6.07, 6.45) is 0.00422. The van der Waals surface area contributed by atoms with Crippen molar-refractivity contribution in [2.45, 2.75) is 20.0 Å². The molecule has 1 aromatic carbocycles. The molecule has 0 aliphatic carbocycles. The van der Waals surface area contributed by atoms with Gasteiger partial charge in [0.15, 0.2) is 0 Å². The lowest BCUT2D eigenvalue weighted by atomic mass is 10.2. The Balaban J connectivity index is 2.11. The van der Waals surface area contributed by atoms with E-state index >= 15 is 0 Å². The monoisotopic (exact) mass is 278 g/mol. The first-order chi connectivity index (χ1) is 9.13. The molecule has 0 bridgehead atoms. The Morgan fingerprint density at radius 1 is 1.47 bits per heavy atom. The van der Waals surface area contributed by atoms with Crippen molar-refractivity contribution >= 4 is 33.0 Å². The highest BCUT2D eigenvalue weighted by Gasteiger charge is 2.16. The second-order valence-electron chi connectivity index (χ2n) is 4.32. The third kappa shape index (κ3) is 3.05. The number of hydrogen-bond acceptors (Lipinski definition) is 4. The third-order valence-corrected chi connectivity index (χ3v) is 4.03. The van der Waals surface area contributed by atoms with Crippen molar-refractivity contribution in [3.8, 4) is 0 Å². The number of carbonyl (C=O) groups excluding carboxylic acids is 1. The van der Waals surface area contributed by atoms with Crippen LogP contribution >= 0.6 is 11.3 Å². The Hall–Kier alpha value is -1.59. The predicted octanol–water partition coefficient (Wildman–Crippen LogP) is 2.64. The fraction of sp³-hybridized carbons (Fsp3) is 0.357. The molecule has 0 saturated heterocycles. The van der Waals surface area contributed by atoms with E-state index in [9.17, 15) is 4.79 Å². The van der Waals surface area contributed by atoms with Gasteiger partial charge in [0.1, 0.15) is 4.88 Å². The van der Waals surface area contributed by atoms with Crippen molar-refractivity contribution in [1.29, 1.82) is 0 Å². The molecule has 2 rings (SSSR count). The van der Waals surface area contributed by atoms with Gasteiger partial charge in [-0.1, -0.05) is 18.2 Å². The molecular weight excluding hydrogens is 260 g/mol. The molecule has 1 heterocycles. The first kappa shape index (κ1) is 13.8. The number of ether oxygens (including phenoxy) is 1. The van der Waals surface area contributed by atoms with Crippen LogP contribution in [-0.2, 0) is 4.74 Å². The highest BCUT2D eigenvalue weighted by atomic mass is 32.1. The minimum atomic E-state index is -0.134. The van der Waals surface area contributed by atoms with E-state index in [2.05, 4.69) is 5.32 Å². The number of fused-ring (bicyclic) bond motifs is 1. The highest BCUT2D eigenvalue weighted by Crippen LogP contribution is 2.33. The summed E-state index contributed by atoms with van der Waals surface area (Å²) in [6, 6.07) is 7.76. The molecule has 4 nitrogen and oxygen atoms in total. The van der Waals surface area contributed by atoms with E-state index in [0.29, 0.717) is 23.7 Å². The molecule has 19 heavy (non-hydrogen) atoms. The molecule has 1 unspecified atom stereocenters. The number of carbonyl (C=O) groups is 1. The van der Waals surface area contributed by atoms with Crippen LogP contribution in [0.15, 0.2) is 24.3 Å². The quantitative estimate of drug-likeness (QED) is 0.883. The molecule has 1 aromatic heterocycles. The summed E-state index contributed by atoms with van der Waals surface area (Å²) < 4.78 is 6.41. The molecule has 102 valence electrons. The van der Waals surface area contributed by atoms with Crippen LogP contribution in [0.3, 0.4) is 0 Å². The van der Waals surface area contributed by atoms with Gasteiger partial charge in [0.25, 0.3) is 5.91 Å². The summed E-state index contributed by atoms with van der Waals surface area (Å²) >= 11 is 1.42. The van der Waals surface area contributed by atoms with Gasteiger partial charge in [-0.25, -0.2) is 0 Å². The number of hydrogen-bond donors (Lipinski definition) is 2. The Labute approximate surface area is 116 Å². The summed E-state index contributed by atoms with van der Waals surface area (Å²) in [4.78, 5) is 12.7. The van der Waals surface area contributed by atoms with Crippen LogP contribution < -0.4 is 11.1 Å². The van der Waals surface area contributed by atoms with Gasteiger partial charge in [0, 0.05) is 23.2 Å². The van der Waals surface area contributed by atoms with Crippen molar-refractivity contribution < 1.29 is 9.53 Å². The van der Waals surface area contributed by atoms with Crippen molar-refractivity contribution in [1.82, 2.24) is 5.32 Å². The largest absolute Gasteiger partial charge is 0.397 e. The summed E-state index contributed by atoms with van der Waals surface area (Å²) in [7, 11) is 0. The van der Waals surface area contributed by atoms with Crippen LogP contribution in [0.4, 0.5) is 5.69 Å². The molecule has 0 spiro atoms. The number of rotatable bonds is 5. The second kappa shape index (κ2) is 6.04. The van der Waals surface area contributed by atoms with E-state index in [-0.39, 0.29) is 12.0 Å². The zero-order valence-corrected chi connectivity index (χ0v) is 11.9. The van der Waals surface area contributed by atoms with Crippen LogP contribution in [0.1, 0.15) is 23.5 Å². The number of benzene rings is 1. The Morgan fingerprint density at radius 2 is 2.21 bits per heavy atom. The Morgan fingerprint density at radius 3 is 2.89 bits per heavy atom. The van der Waals surface area contributed by atoms with Gasteiger partial charge < -0.3 is 15.8 Å². The van der Waals surface area contributed by atoms with Crippen LogP contribution in [0.25, 0.3) is 10.1 Å². The van der Waals surface area contributed by atoms with Crippen LogP contribution in [0.5, 0.6) is 0 Å². The summed E-state index contributed by atoms with van der Waals surface area (Å²) in [5.74, 6) is -0.134. The molecule has 0 aliphatic heterocycles. The maximum Gasteiger partial charge on any atom is 0.263 e. The third-order valence-electron chi connectivity index (χ3n) is 2.84. The van der Waals surface area contributed by atoms with Gasteiger partial charge in [0.2, 0.25) is 0 Å². The van der Waals surface area contributed by atoms with E-state index in [4.69, 9.17) is 10.5 Å². The lowest BCUT2D eigenvalue weighted by Gasteiger charge is -2.12. The predicted molar refractivity (Wildman–Crippen MR) is 79.7 cm³/mol. The number of nitrogen functional groups attached to an aromatic ring is 1. The number of anilines is 1. The SMILES string of the molecule is CCOC(C)CNC(=O)c1sc2ccccc2c1N. The standard InChI is InChI=1S/C14H18N2O2S/c1-3-18-9(2)8-16-14(17)13-12(15)10-6-4-5-7-11(10)19-13/h4-7,9H,3,8,15H2,1-2H3,(H,16,17). The Bertz CT molecular complexity index is 580. The van der Waals surface area contributed by atoms with Gasteiger partial charge >= 0.3 is 0 Å². The number of thiophene rings is 1. The van der Waals surface area contributed by atoms with E-state index in [0.717, 1.165) is 10.1 Å². The number of amides is 1. The van der Waals surface area contributed by atoms with Gasteiger partial charge in [-0.05, 0) is 19.9 Å². The topological polar surface area (TPSA) is 64.3 Å². The number of nitrogens with two attached hydrogens (primary N) is 1. The summed E-state index contributed by atoms with van der Waals surface area (Å²) in [5, 5.41) is 3.79. The first-order valence-electron chi connectivity index (χ1n) is 6.30. The molecule has 1 amide bonds. The van der Waals surface area contributed by atoms with E-state index in [1.807, 2.05) is 38.1 Å². The fourth-order valence-corrected chi connectivity index (χ4v) is 2.93. The maximum absolute atomic E-state index is 12.1. The van der Waals surface area contributed by atoms with Crippen molar-refractivity contribution in [2.75, 3.05) is 18.9 Å². The minimum Gasteiger partial charge on any atom is -0.397 e. The van der Waals surface area contributed by atoms with E-state index in [1.165, 1.54) is 11.3 Å². The zero-order chi connectivity index (χ0) is 13.8. The molecule has 0 radical (unpaired) electrons. The highest BCUT2D eigenvalue weighted by molar-refractivity contribution is 7.21. The lowest BCUT2D eigenvalue weighted by Crippen LogP contribution is -2.32. The van der Waals surface area contributed by atoms with Gasteiger partial charge in [0.05, 0.1) is 11.8 Å². The molecular formula is C14H18N2O2S. The molecule has 2 aromatic rings. The lowest BCUT2D eigenvalue weighted by molar-refractivity contribution is 0.0697. The van der Waals surface area contributed by atoms with Crippen molar-refractivity contribution in [3.63, 3.8) is 0 Å². The normalized spacial score (nSPS) is 12.5. The van der Waals surface area contributed by atoms with Gasteiger partial charge in [-0.3, -0.25) is 4.79 Å². The number of nitrogens with one attached hydrogen (secondary N) is 1. The molecule has 0 aliphatic rings. The molecule has 1 atom stereocenters. The summed E-state index contributed by atoms with van der Waals surface area (Å²) in [6.45, 7) is 4.99. The average molecular weight is 278 g/mol. The van der Waals surface area contributed by atoms with E-state index in [1.54, 1.807) is 0 Å². The molecule has 5 heteroatoms. The van der Waals surface area contributed by atoms with E-state index < -0.39 is 0 Å². The van der Waals surface area contributed by atoms with Crippen molar-refractivity contribution in [2.24, 2.45) is 0 Å². The zero-order valence-electron chi connectivity index (χ0n) is 11.1. The molecule has 0 fully saturated rings. The van der Waals surface area contributed by atoms with Crippen LogP contribution in [-0.4, -0.2) is 25.2 Å². The van der Waals surface area contributed by atoms with Crippen LogP contribution in [0, 0.1) is 0 Å². The Kier molecular flexibility index (Phi) is 4.39. The minimum absolute atomic E-state index is 0.00422. The van der Waals surface area contributed by atoms with Crippen LogP contribution in [0.2, 0.25) is 0 Å². The van der Waals surface area contributed by atoms with Gasteiger partial charge in [-0.15, -0.1) is 11.3 Å². The summed E-state index contributed by atoms with van der Waals surface area (Å²) in [5.41, 5.74) is 6.58. The fourth-order valence-electron chi connectivity index (χ4n) is 1.89. The molecule has 3 N–H and O–H groups in total. The van der Waals surface area contributed by atoms with Crippen molar-refractivity contribution in [3.05, 3.63) is 29.1 Å². The first-order valence-corrected chi connectivity index (χ1v) is 7.12. The molecule has 0 saturated carbocycles. The van der Waals surface area contributed by atoms with Gasteiger partial charge in [-0.2, -0.15) is 0 Å². The average Bonchev–Trinajstić information content (AvgIpc) is 2.74. The maximum atomic E-state index is 12.1.